The summed E-state index contributed by atoms with van der Waals surface area (Å²) in [5, 5.41) is 8.09. The molecule has 0 radical (unpaired) electrons. The van der Waals surface area contributed by atoms with Gasteiger partial charge in [-0.15, -0.1) is 11.3 Å². The average molecular weight is 313 g/mol. The van der Waals surface area contributed by atoms with Crippen molar-refractivity contribution in [2.24, 2.45) is 5.92 Å². The van der Waals surface area contributed by atoms with Gasteiger partial charge in [0.1, 0.15) is 0 Å². The summed E-state index contributed by atoms with van der Waals surface area (Å²) in [5.41, 5.74) is 0.225. The van der Waals surface area contributed by atoms with E-state index in [1.165, 1.54) is 18.3 Å². The van der Waals surface area contributed by atoms with Crippen LogP contribution in [0.25, 0.3) is 0 Å². The highest BCUT2D eigenvalue weighted by Gasteiger charge is 2.20. The molecule has 1 amide bonds. The summed E-state index contributed by atoms with van der Waals surface area (Å²) in [7, 11) is 0. The van der Waals surface area contributed by atoms with Crippen molar-refractivity contribution in [1.29, 1.82) is 0 Å². The Kier molecular flexibility index (Phi) is 7.14. The monoisotopic (exact) mass is 313 g/mol. The maximum Gasteiger partial charge on any atom is 0.358 e. The van der Waals surface area contributed by atoms with E-state index < -0.39 is 12.1 Å². The number of likely N-dealkylation sites (N-methyl/N-ethyl adjacent to an activating group) is 1. The molecule has 1 aromatic rings. The maximum atomic E-state index is 11.9. The normalized spacial score (nSPS) is 12.0. The lowest BCUT2D eigenvalue weighted by Gasteiger charge is -2.11. The molecule has 0 aliphatic heterocycles. The molecule has 7 heteroatoms. The standard InChI is InChI=1S/C14H23N3O3S/c1-5-15-12(18)10(4)20-13(19)11-8-21-14(17-11)16-7-6-9(2)3/h8-10H,5-7H2,1-4H3,(H,15,18)(H,16,17)/t10-/m1/s1. The molecule has 0 fully saturated rings. The van der Waals surface area contributed by atoms with Crippen molar-refractivity contribution in [2.45, 2.75) is 40.2 Å². The van der Waals surface area contributed by atoms with E-state index in [1.54, 1.807) is 5.38 Å². The molecule has 0 unspecified atom stereocenters. The summed E-state index contributed by atoms with van der Waals surface area (Å²) in [6.45, 7) is 8.96. The Hall–Kier alpha value is -1.63. The third-order valence-corrected chi connectivity index (χ3v) is 3.52. The van der Waals surface area contributed by atoms with Gasteiger partial charge in [0.25, 0.3) is 5.91 Å². The summed E-state index contributed by atoms with van der Waals surface area (Å²) in [4.78, 5) is 27.5. The van der Waals surface area contributed by atoms with Crippen molar-refractivity contribution in [2.75, 3.05) is 18.4 Å². The number of aromatic nitrogens is 1. The zero-order chi connectivity index (χ0) is 15.8. The molecule has 0 aliphatic carbocycles. The first-order chi connectivity index (χ1) is 9.93. The van der Waals surface area contributed by atoms with Gasteiger partial charge in [0.15, 0.2) is 16.9 Å². The molecule has 0 aliphatic rings. The molecule has 0 saturated heterocycles. The molecule has 1 aromatic heterocycles. The highest BCUT2D eigenvalue weighted by molar-refractivity contribution is 7.13. The molecule has 6 nitrogen and oxygen atoms in total. The Morgan fingerprint density at radius 2 is 2.10 bits per heavy atom. The van der Waals surface area contributed by atoms with Gasteiger partial charge in [-0.2, -0.15) is 0 Å². The zero-order valence-corrected chi connectivity index (χ0v) is 13.8. The number of amides is 1. The number of nitrogens with zero attached hydrogens (tertiary/aromatic N) is 1. The second-order valence-corrected chi connectivity index (χ2v) is 5.95. The summed E-state index contributed by atoms with van der Waals surface area (Å²) in [5.74, 6) is -0.280. The van der Waals surface area contributed by atoms with Gasteiger partial charge in [0, 0.05) is 18.5 Å². The minimum Gasteiger partial charge on any atom is -0.448 e. The fraction of sp³-hybridized carbons (Fsp3) is 0.643. The molecule has 0 saturated carbocycles. The van der Waals surface area contributed by atoms with Crippen molar-refractivity contribution in [3.63, 3.8) is 0 Å². The minimum absolute atomic E-state index is 0.225. The Labute approximate surface area is 129 Å². The second-order valence-electron chi connectivity index (χ2n) is 5.09. The topological polar surface area (TPSA) is 80.3 Å². The number of rotatable bonds is 8. The van der Waals surface area contributed by atoms with E-state index in [2.05, 4.69) is 29.5 Å². The van der Waals surface area contributed by atoms with Crippen LogP contribution in [0.15, 0.2) is 5.38 Å². The third-order valence-electron chi connectivity index (χ3n) is 2.72. The minimum atomic E-state index is -0.823. The number of esters is 1. The number of carbonyl (C=O) groups excluding carboxylic acids is 2. The first-order valence-corrected chi connectivity index (χ1v) is 8.00. The second kappa shape index (κ2) is 8.61. The Morgan fingerprint density at radius 1 is 1.38 bits per heavy atom. The van der Waals surface area contributed by atoms with Crippen LogP contribution in [0.2, 0.25) is 0 Å². The van der Waals surface area contributed by atoms with Gasteiger partial charge in [-0.05, 0) is 26.2 Å². The number of nitrogens with one attached hydrogen (secondary N) is 2. The van der Waals surface area contributed by atoms with Crippen molar-refractivity contribution in [1.82, 2.24) is 10.3 Å². The number of ether oxygens (including phenoxy) is 1. The Morgan fingerprint density at radius 3 is 2.71 bits per heavy atom. The number of anilines is 1. The van der Waals surface area contributed by atoms with E-state index in [4.69, 9.17) is 4.74 Å². The highest BCUT2D eigenvalue weighted by Crippen LogP contribution is 2.17. The first kappa shape index (κ1) is 17.4. The van der Waals surface area contributed by atoms with Crippen LogP contribution in [-0.2, 0) is 9.53 Å². The van der Waals surface area contributed by atoms with Crippen LogP contribution in [-0.4, -0.2) is 36.1 Å². The average Bonchev–Trinajstić information content (AvgIpc) is 2.87. The molecular formula is C14H23N3O3S. The number of hydrogen-bond donors (Lipinski definition) is 2. The van der Waals surface area contributed by atoms with Gasteiger partial charge in [-0.25, -0.2) is 9.78 Å². The van der Waals surface area contributed by atoms with Crippen LogP contribution in [0.4, 0.5) is 5.13 Å². The van der Waals surface area contributed by atoms with Gasteiger partial charge < -0.3 is 15.4 Å². The quantitative estimate of drug-likeness (QED) is 0.720. The van der Waals surface area contributed by atoms with Crippen molar-refractivity contribution < 1.29 is 14.3 Å². The first-order valence-electron chi connectivity index (χ1n) is 7.12. The van der Waals surface area contributed by atoms with Crippen molar-refractivity contribution in [3.8, 4) is 0 Å². The van der Waals surface area contributed by atoms with Crippen LogP contribution in [0.3, 0.4) is 0 Å². The van der Waals surface area contributed by atoms with Gasteiger partial charge in [0.2, 0.25) is 0 Å². The van der Waals surface area contributed by atoms with E-state index in [0.717, 1.165) is 13.0 Å². The van der Waals surface area contributed by atoms with Crippen LogP contribution >= 0.6 is 11.3 Å². The summed E-state index contributed by atoms with van der Waals surface area (Å²) >= 11 is 1.35. The largest absolute Gasteiger partial charge is 0.448 e. The summed E-state index contributed by atoms with van der Waals surface area (Å²) < 4.78 is 5.07. The van der Waals surface area contributed by atoms with Gasteiger partial charge >= 0.3 is 5.97 Å². The molecule has 0 aromatic carbocycles. The predicted molar refractivity (Wildman–Crippen MR) is 83.6 cm³/mol. The van der Waals surface area contributed by atoms with Crippen molar-refractivity contribution >= 4 is 28.3 Å². The molecule has 0 bridgehead atoms. The molecular weight excluding hydrogens is 290 g/mol. The van der Waals surface area contributed by atoms with E-state index in [1.807, 2.05) is 6.92 Å². The molecule has 118 valence electrons. The van der Waals surface area contributed by atoms with E-state index in [-0.39, 0.29) is 11.6 Å². The lowest BCUT2D eigenvalue weighted by molar-refractivity contribution is -0.128. The summed E-state index contributed by atoms with van der Waals surface area (Å²) in [6.07, 6.45) is 0.213. The fourth-order valence-corrected chi connectivity index (χ4v) is 2.22. The van der Waals surface area contributed by atoms with Crippen LogP contribution in [0, 0.1) is 5.92 Å². The maximum absolute atomic E-state index is 11.9. The van der Waals surface area contributed by atoms with Gasteiger partial charge in [-0.1, -0.05) is 13.8 Å². The molecule has 21 heavy (non-hydrogen) atoms. The molecule has 0 spiro atoms. The molecule has 1 atom stereocenters. The number of thiazole rings is 1. The fourth-order valence-electron chi connectivity index (χ4n) is 1.51. The smallest absolute Gasteiger partial charge is 0.358 e. The van der Waals surface area contributed by atoms with Gasteiger partial charge in [0.05, 0.1) is 0 Å². The summed E-state index contributed by atoms with van der Waals surface area (Å²) in [6, 6.07) is 0. The van der Waals surface area contributed by atoms with Gasteiger partial charge in [-0.3, -0.25) is 4.79 Å². The van der Waals surface area contributed by atoms with E-state index in [9.17, 15) is 9.59 Å². The molecule has 1 heterocycles. The van der Waals surface area contributed by atoms with E-state index >= 15 is 0 Å². The number of carbonyl (C=O) groups is 2. The SMILES string of the molecule is CCNC(=O)[C@@H](C)OC(=O)c1csc(NCCC(C)C)n1. The van der Waals surface area contributed by atoms with Crippen LogP contribution in [0.1, 0.15) is 44.6 Å². The predicted octanol–water partition coefficient (Wildman–Crippen LogP) is 2.28. The molecule has 1 rings (SSSR count). The Bertz CT molecular complexity index is 474. The van der Waals surface area contributed by atoms with Crippen molar-refractivity contribution in [3.05, 3.63) is 11.1 Å². The highest BCUT2D eigenvalue weighted by atomic mass is 32.1. The van der Waals surface area contributed by atoms with E-state index in [0.29, 0.717) is 17.6 Å². The third kappa shape index (κ3) is 6.12. The lowest BCUT2D eigenvalue weighted by Crippen LogP contribution is -2.35. The lowest BCUT2D eigenvalue weighted by atomic mass is 10.1. The zero-order valence-electron chi connectivity index (χ0n) is 12.9. The molecule has 2 N–H and O–H groups in total. The Balaban J connectivity index is 2.48. The van der Waals surface area contributed by atoms with Crippen LogP contribution < -0.4 is 10.6 Å². The number of hydrogen-bond acceptors (Lipinski definition) is 6. The van der Waals surface area contributed by atoms with Crippen LogP contribution in [0.5, 0.6) is 0 Å².